The van der Waals surface area contributed by atoms with Crippen LogP contribution in [0.3, 0.4) is 0 Å². The molecule has 21 heavy (non-hydrogen) atoms. The van der Waals surface area contributed by atoms with Crippen LogP contribution in [0.15, 0.2) is 0 Å². The average molecular weight is 297 g/mol. The highest BCUT2D eigenvalue weighted by molar-refractivity contribution is 5.85. The zero-order valence-electron chi connectivity index (χ0n) is 14.9. The third-order valence-corrected chi connectivity index (χ3v) is 4.64. The first kappa shape index (κ1) is 18.4. The van der Waals surface area contributed by atoms with E-state index in [0.29, 0.717) is 17.9 Å². The molecule has 0 aliphatic carbocycles. The zero-order valence-corrected chi connectivity index (χ0v) is 14.9. The Kier molecular flexibility index (Phi) is 7.14. The highest BCUT2D eigenvalue weighted by Crippen LogP contribution is 2.22. The summed E-state index contributed by atoms with van der Waals surface area (Å²) in [6, 6.07) is 0.363. The summed E-state index contributed by atoms with van der Waals surface area (Å²) in [5.41, 5.74) is -0.403. The van der Waals surface area contributed by atoms with Gasteiger partial charge in [0.25, 0.3) is 0 Å². The highest BCUT2D eigenvalue weighted by atomic mass is 16.2. The normalized spacial score (nSPS) is 17.5. The van der Waals surface area contributed by atoms with E-state index in [4.69, 9.17) is 0 Å². The van der Waals surface area contributed by atoms with Crippen LogP contribution in [0.2, 0.25) is 0 Å². The second kappa shape index (κ2) is 8.14. The number of hydrogen-bond donors (Lipinski definition) is 1. The van der Waals surface area contributed by atoms with Crippen molar-refractivity contribution in [2.45, 2.75) is 66.0 Å². The molecule has 0 atom stereocenters. The molecule has 1 N–H and O–H groups in total. The monoisotopic (exact) mass is 297 g/mol. The van der Waals surface area contributed by atoms with E-state index >= 15 is 0 Å². The van der Waals surface area contributed by atoms with Crippen LogP contribution >= 0.6 is 0 Å². The first-order valence-corrected chi connectivity index (χ1v) is 8.61. The first-order chi connectivity index (χ1) is 9.84. The molecule has 0 unspecified atom stereocenters. The van der Waals surface area contributed by atoms with Crippen LogP contribution in [0.4, 0.5) is 0 Å². The van der Waals surface area contributed by atoms with Crippen molar-refractivity contribution >= 4 is 5.91 Å². The van der Waals surface area contributed by atoms with Gasteiger partial charge in [-0.3, -0.25) is 9.69 Å². The number of rotatable bonds is 7. The molecule has 0 radical (unpaired) electrons. The van der Waals surface area contributed by atoms with E-state index < -0.39 is 5.54 Å². The van der Waals surface area contributed by atoms with Crippen LogP contribution in [-0.4, -0.2) is 60.0 Å². The molecule has 1 aliphatic rings. The maximum absolute atomic E-state index is 13.2. The highest BCUT2D eigenvalue weighted by Gasteiger charge is 2.39. The fraction of sp³-hybridized carbons (Fsp3) is 0.941. The Labute approximate surface area is 131 Å². The number of nitrogens with zero attached hydrogens (tertiary/aromatic N) is 2. The molecule has 0 aromatic heterocycles. The summed E-state index contributed by atoms with van der Waals surface area (Å²) in [4.78, 5) is 17.7. The molecule has 0 saturated carbocycles. The summed E-state index contributed by atoms with van der Waals surface area (Å²) in [5, 5.41) is 3.37. The lowest BCUT2D eigenvalue weighted by Crippen LogP contribution is -2.62. The fourth-order valence-electron chi connectivity index (χ4n) is 3.23. The van der Waals surface area contributed by atoms with E-state index in [9.17, 15) is 4.79 Å². The number of hydrogen-bond acceptors (Lipinski definition) is 3. The Balaban J connectivity index is 2.90. The molecule has 0 aromatic carbocycles. The van der Waals surface area contributed by atoms with Gasteiger partial charge in [0.1, 0.15) is 0 Å². The summed E-state index contributed by atoms with van der Waals surface area (Å²) in [6.45, 7) is 17.7. The lowest BCUT2D eigenvalue weighted by molar-refractivity contribution is -0.146. The predicted molar refractivity (Wildman–Crippen MR) is 89.4 cm³/mol. The molecular weight excluding hydrogens is 262 g/mol. The van der Waals surface area contributed by atoms with Crippen molar-refractivity contribution in [2.75, 3.05) is 32.7 Å². The largest absolute Gasteiger partial charge is 0.338 e. The van der Waals surface area contributed by atoms with Crippen molar-refractivity contribution in [1.82, 2.24) is 15.1 Å². The van der Waals surface area contributed by atoms with Gasteiger partial charge in [0, 0.05) is 38.8 Å². The lowest BCUT2D eigenvalue weighted by atomic mass is 9.96. The maximum Gasteiger partial charge on any atom is 0.242 e. The topological polar surface area (TPSA) is 35.6 Å². The van der Waals surface area contributed by atoms with Gasteiger partial charge in [0.05, 0.1) is 5.54 Å². The molecule has 1 amide bonds. The summed E-state index contributed by atoms with van der Waals surface area (Å²) in [7, 11) is 0. The molecule has 4 heteroatoms. The van der Waals surface area contributed by atoms with Crippen LogP contribution in [0.5, 0.6) is 0 Å². The van der Waals surface area contributed by atoms with Crippen molar-refractivity contribution in [1.29, 1.82) is 0 Å². The summed E-state index contributed by atoms with van der Waals surface area (Å²) in [5.74, 6) is 0.806. The van der Waals surface area contributed by atoms with Gasteiger partial charge in [-0.25, -0.2) is 0 Å². The minimum atomic E-state index is -0.403. The van der Waals surface area contributed by atoms with Gasteiger partial charge < -0.3 is 10.2 Å². The number of carbonyl (C=O) groups excluding carboxylic acids is 1. The minimum absolute atomic E-state index is 0.298. The quantitative estimate of drug-likeness (QED) is 0.783. The van der Waals surface area contributed by atoms with Crippen LogP contribution in [0.25, 0.3) is 0 Å². The summed E-state index contributed by atoms with van der Waals surface area (Å²) in [6.07, 6.45) is 2.07. The molecule has 1 heterocycles. The molecule has 0 spiro atoms. The average Bonchev–Trinajstić information content (AvgIpc) is 2.47. The standard InChI is InChI=1S/C17H35N3O/c1-7-15(8-2)20(13-14(3)4)16(21)17(5,6)19-11-9-18-10-12-19/h14-15,18H,7-13H2,1-6H3. The molecule has 1 saturated heterocycles. The Morgan fingerprint density at radius 2 is 1.71 bits per heavy atom. The van der Waals surface area contributed by atoms with Crippen LogP contribution in [0.1, 0.15) is 54.4 Å². The minimum Gasteiger partial charge on any atom is -0.338 e. The van der Waals surface area contributed by atoms with Gasteiger partial charge in [0.15, 0.2) is 0 Å². The Morgan fingerprint density at radius 3 is 2.14 bits per heavy atom. The first-order valence-electron chi connectivity index (χ1n) is 8.61. The Bertz CT molecular complexity index is 318. The van der Waals surface area contributed by atoms with Gasteiger partial charge >= 0.3 is 0 Å². The van der Waals surface area contributed by atoms with E-state index in [0.717, 1.165) is 45.6 Å². The molecule has 0 aromatic rings. The van der Waals surface area contributed by atoms with Crippen molar-refractivity contribution in [3.8, 4) is 0 Å². The van der Waals surface area contributed by atoms with E-state index in [2.05, 4.69) is 56.7 Å². The van der Waals surface area contributed by atoms with Gasteiger partial charge in [-0.05, 0) is 32.6 Å². The summed E-state index contributed by atoms with van der Waals surface area (Å²) < 4.78 is 0. The zero-order chi connectivity index (χ0) is 16.0. The maximum atomic E-state index is 13.2. The van der Waals surface area contributed by atoms with Crippen molar-refractivity contribution < 1.29 is 4.79 Å². The van der Waals surface area contributed by atoms with Crippen LogP contribution < -0.4 is 5.32 Å². The molecule has 124 valence electrons. The SMILES string of the molecule is CCC(CC)N(CC(C)C)C(=O)C(C)(C)N1CCNCC1. The van der Waals surface area contributed by atoms with E-state index in [-0.39, 0.29) is 0 Å². The molecule has 0 bridgehead atoms. The fourth-order valence-corrected chi connectivity index (χ4v) is 3.23. The molecule has 4 nitrogen and oxygen atoms in total. The van der Waals surface area contributed by atoms with Gasteiger partial charge in [0.2, 0.25) is 5.91 Å². The van der Waals surface area contributed by atoms with Crippen LogP contribution in [-0.2, 0) is 4.79 Å². The van der Waals surface area contributed by atoms with E-state index in [1.165, 1.54) is 0 Å². The summed E-state index contributed by atoms with van der Waals surface area (Å²) >= 11 is 0. The number of nitrogens with one attached hydrogen (secondary N) is 1. The smallest absolute Gasteiger partial charge is 0.242 e. The van der Waals surface area contributed by atoms with Crippen molar-refractivity contribution in [3.05, 3.63) is 0 Å². The molecular formula is C17H35N3O. The Hall–Kier alpha value is -0.610. The van der Waals surface area contributed by atoms with Gasteiger partial charge in [-0.15, -0.1) is 0 Å². The van der Waals surface area contributed by atoms with Gasteiger partial charge in [-0.2, -0.15) is 0 Å². The number of amides is 1. The van der Waals surface area contributed by atoms with E-state index in [1.54, 1.807) is 0 Å². The molecule has 1 rings (SSSR count). The van der Waals surface area contributed by atoms with Crippen LogP contribution in [0, 0.1) is 5.92 Å². The molecule has 1 aliphatic heterocycles. The number of piperazine rings is 1. The number of carbonyl (C=O) groups is 1. The third-order valence-electron chi connectivity index (χ3n) is 4.64. The van der Waals surface area contributed by atoms with Crippen molar-refractivity contribution in [3.63, 3.8) is 0 Å². The van der Waals surface area contributed by atoms with E-state index in [1.807, 2.05) is 0 Å². The Morgan fingerprint density at radius 1 is 1.19 bits per heavy atom. The second-order valence-electron chi connectivity index (χ2n) is 7.12. The van der Waals surface area contributed by atoms with Crippen molar-refractivity contribution in [2.24, 2.45) is 5.92 Å². The second-order valence-corrected chi connectivity index (χ2v) is 7.12. The van der Waals surface area contributed by atoms with Gasteiger partial charge in [-0.1, -0.05) is 27.7 Å². The predicted octanol–water partition coefficient (Wildman–Crippen LogP) is 2.34. The lowest BCUT2D eigenvalue weighted by Gasteiger charge is -2.44. The third kappa shape index (κ3) is 4.68. The molecule has 1 fully saturated rings.